The van der Waals surface area contributed by atoms with Gasteiger partial charge in [0.2, 0.25) is 0 Å². The third kappa shape index (κ3) is 12.3. The molecule has 0 aliphatic carbocycles. The van der Waals surface area contributed by atoms with Crippen molar-refractivity contribution in [1.29, 1.82) is 0 Å². The number of ether oxygens (including phenoxy) is 1. The van der Waals surface area contributed by atoms with Crippen molar-refractivity contribution in [1.82, 2.24) is 0 Å². The summed E-state index contributed by atoms with van der Waals surface area (Å²) in [4.78, 5) is 74.8. The summed E-state index contributed by atoms with van der Waals surface area (Å²) in [6.45, 7) is 14.8. The fraction of sp³-hybridized carbons (Fsp3) is 0.800. The van der Waals surface area contributed by atoms with Crippen LogP contribution in [0.1, 0.15) is 81.6 Å². The van der Waals surface area contributed by atoms with Crippen LogP contribution in [0.2, 0.25) is 0 Å². The lowest BCUT2D eigenvalue weighted by molar-refractivity contribution is -0.345. The van der Waals surface area contributed by atoms with Crippen LogP contribution < -0.4 is 0 Å². The predicted molar refractivity (Wildman–Crippen MR) is 105 cm³/mol. The molecule has 1 unspecified atom stereocenters. The summed E-state index contributed by atoms with van der Waals surface area (Å²) in [5, 5.41) is 0. The van der Waals surface area contributed by atoms with E-state index in [0.717, 1.165) is 0 Å². The number of carbonyl (C=O) groups excluding carboxylic acids is 4. The summed E-state index contributed by atoms with van der Waals surface area (Å²) < 4.78 is 4.96. The van der Waals surface area contributed by atoms with E-state index < -0.39 is 46.8 Å². The summed E-state index contributed by atoms with van der Waals surface area (Å²) in [5.41, 5.74) is -2.70. The SMILES string of the molecule is CCC(C)(C)OOC(=O)C(=O)OOC(C)(C)CC(C)OC(=O)C(=O)OOC(C)(C)CC. The van der Waals surface area contributed by atoms with E-state index in [9.17, 15) is 19.2 Å². The molecule has 0 N–H and O–H groups in total. The molecule has 0 bridgehead atoms. The summed E-state index contributed by atoms with van der Waals surface area (Å²) >= 11 is 0. The largest absolute Gasteiger partial charge is 0.454 e. The Hall–Kier alpha value is -2.24. The smallest absolute Gasteiger partial charge is 0.453 e. The van der Waals surface area contributed by atoms with Crippen molar-refractivity contribution in [2.24, 2.45) is 0 Å². The van der Waals surface area contributed by atoms with Crippen molar-refractivity contribution >= 4 is 23.9 Å². The minimum Gasteiger partial charge on any atom is -0.454 e. The molecule has 180 valence electrons. The van der Waals surface area contributed by atoms with Crippen LogP contribution in [-0.2, 0) is 53.2 Å². The highest BCUT2D eigenvalue weighted by atomic mass is 17.2. The molecule has 0 aliphatic heterocycles. The number of carbonyl (C=O) groups is 4. The van der Waals surface area contributed by atoms with Gasteiger partial charge in [0.1, 0.15) is 22.9 Å². The van der Waals surface area contributed by atoms with Crippen LogP contribution in [0.3, 0.4) is 0 Å². The molecule has 0 fully saturated rings. The van der Waals surface area contributed by atoms with E-state index >= 15 is 0 Å². The average molecular weight is 450 g/mol. The molecule has 0 aliphatic rings. The van der Waals surface area contributed by atoms with Crippen LogP contribution in [0.25, 0.3) is 0 Å². The molecule has 0 heterocycles. The Bertz CT molecular complexity index is 637. The molecule has 11 nitrogen and oxygen atoms in total. The highest BCUT2D eigenvalue weighted by molar-refractivity contribution is 6.29. The first-order chi connectivity index (χ1) is 14.0. The lowest BCUT2D eigenvalue weighted by atomic mass is 10.0. The van der Waals surface area contributed by atoms with Gasteiger partial charge in [-0.1, -0.05) is 13.8 Å². The maximum Gasteiger partial charge on any atom is 0.453 e. The van der Waals surface area contributed by atoms with Crippen molar-refractivity contribution < 1.29 is 53.2 Å². The van der Waals surface area contributed by atoms with Gasteiger partial charge in [0, 0.05) is 6.42 Å². The van der Waals surface area contributed by atoms with Gasteiger partial charge in [-0.05, 0) is 61.3 Å². The summed E-state index contributed by atoms with van der Waals surface area (Å²) in [7, 11) is 0. The first kappa shape index (κ1) is 28.8. The monoisotopic (exact) mass is 450 g/mol. The van der Waals surface area contributed by atoms with Gasteiger partial charge in [-0.25, -0.2) is 19.2 Å². The number of esters is 1. The van der Waals surface area contributed by atoms with Crippen molar-refractivity contribution in [3.63, 3.8) is 0 Å². The van der Waals surface area contributed by atoms with Gasteiger partial charge >= 0.3 is 23.9 Å². The molecule has 0 aromatic heterocycles. The van der Waals surface area contributed by atoms with Crippen LogP contribution in [0, 0.1) is 0 Å². The van der Waals surface area contributed by atoms with Gasteiger partial charge in [-0.2, -0.15) is 14.7 Å². The Morgan fingerprint density at radius 1 is 0.613 bits per heavy atom. The second kappa shape index (κ2) is 12.0. The van der Waals surface area contributed by atoms with Crippen molar-refractivity contribution in [3.05, 3.63) is 0 Å². The van der Waals surface area contributed by atoms with E-state index in [1.54, 1.807) is 27.7 Å². The maximum absolute atomic E-state index is 11.8. The Balaban J connectivity index is 4.48. The highest BCUT2D eigenvalue weighted by Crippen LogP contribution is 2.20. The van der Waals surface area contributed by atoms with Gasteiger partial charge in [0.05, 0.1) is 0 Å². The topological polar surface area (TPSA) is 133 Å². The van der Waals surface area contributed by atoms with E-state index in [1.807, 2.05) is 13.8 Å². The van der Waals surface area contributed by atoms with Crippen LogP contribution in [0.4, 0.5) is 0 Å². The summed E-state index contributed by atoms with van der Waals surface area (Å²) in [5.74, 6) is -5.39. The zero-order valence-corrected chi connectivity index (χ0v) is 19.7. The molecule has 0 radical (unpaired) electrons. The third-order valence-corrected chi connectivity index (χ3v) is 4.15. The van der Waals surface area contributed by atoms with E-state index in [-0.39, 0.29) is 6.42 Å². The fourth-order valence-corrected chi connectivity index (χ4v) is 1.67. The van der Waals surface area contributed by atoms with Gasteiger partial charge in [0.25, 0.3) is 0 Å². The van der Waals surface area contributed by atoms with Gasteiger partial charge in [0.15, 0.2) is 0 Å². The Morgan fingerprint density at radius 2 is 0.935 bits per heavy atom. The number of rotatable bonds is 11. The van der Waals surface area contributed by atoms with Crippen molar-refractivity contribution in [2.75, 3.05) is 0 Å². The lowest BCUT2D eigenvalue weighted by Gasteiger charge is -2.25. The summed E-state index contributed by atoms with van der Waals surface area (Å²) in [6.07, 6.45) is 0.264. The maximum atomic E-state index is 11.8. The quantitative estimate of drug-likeness (QED) is 0.199. The van der Waals surface area contributed by atoms with Gasteiger partial charge in [-0.3, -0.25) is 14.7 Å². The Morgan fingerprint density at radius 3 is 1.29 bits per heavy atom. The molecule has 0 aromatic carbocycles. The third-order valence-electron chi connectivity index (χ3n) is 4.15. The van der Waals surface area contributed by atoms with Crippen molar-refractivity contribution in [2.45, 2.75) is 104 Å². The molecule has 0 amide bonds. The highest BCUT2D eigenvalue weighted by Gasteiger charge is 2.32. The van der Waals surface area contributed by atoms with E-state index in [0.29, 0.717) is 12.8 Å². The second-order valence-corrected chi connectivity index (χ2v) is 8.77. The minimum atomic E-state index is -1.43. The average Bonchev–Trinajstić information content (AvgIpc) is 2.67. The predicted octanol–water partition coefficient (Wildman–Crippen LogP) is 2.89. The van der Waals surface area contributed by atoms with E-state index in [2.05, 4.69) is 14.7 Å². The fourth-order valence-electron chi connectivity index (χ4n) is 1.67. The molecule has 0 saturated carbocycles. The Kier molecular flexibility index (Phi) is 11.1. The number of hydrogen-bond donors (Lipinski definition) is 0. The molecule has 0 saturated heterocycles. The molecular formula is C20H34O11. The first-order valence-electron chi connectivity index (χ1n) is 9.94. The van der Waals surface area contributed by atoms with Crippen LogP contribution in [-0.4, -0.2) is 46.8 Å². The normalized spacial score (nSPS) is 13.2. The van der Waals surface area contributed by atoms with Gasteiger partial charge < -0.3 is 4.74 Å². The summed E-state index contributed by atoms with van der Waals surface area (Å²) in [6, 6.07) is 0. The zero-order valence-electron chi connectivity index (χ0n) is 19.7. The molecule has 0 aromatic rings. The molecule has 11 heteroatoms. The van der Waals surface area contributed by atoms with E-state index in [4.69, 9.17) is 19.4 Å². The van der Waals surface area contributed by atoms with Gasteiger partial charge in [-0.15, -0.1) is 0 Å². The van der Waals surface area contributed by atoms with Crippen molar-refractivity contribution in [3.8, 4) is 0 Å². The zero-order chi connectivity index (χ0) is 24.5. The minimum absolute atomic E-state index is 0.00895. The van der Waals surface area contributed by atoms with E-state index in [1.165, 1.54) is 20.8 Å². The Labute approximate surface area is 182 Å². The standard InChI is InChI=1S/C20H34O11/c1-10-18(4,5)29-26-15(22)14(21)25-13(3)12-20(8,9)31-28-17(24)16(23)27-30-19(6,7)11-2/h13H,10-12H2,1-9H3. The number of hydrogen-bond acceptors (Lipinski definition) is 11. The molecule has 31 heavy (non-hydrogen) atoms. The first-order valence-corrected chi connectivity index (χ1v) is 9.94. The van der Waals surface area contributed by atoms with Crippen LogP contribution in [0.15, 0.2) is 0 Å². The second-order valence-electron chi connectivity index (χ2n) is 8.77. The van der Waals surface area contributed by atoms with Crippen LogP contribution in [0.5, 0.6) is 0 Å². The molecule has 0 spiro atoms. The lowest BCUT2D eigenvalue weighted by Crippen LogP contribution is -2.36. The molecule has 0 rings (SSSR count). The molecule has 1 atom stereocenters. The van der Waals surface area contributed by atoms with Crippen LogP contribution >= 0.6 is 0 Å². The molecular weight excluding hydrogens is 416 g/mol.